The summed E-state index contributed by atoms with van der Waals surface area (Å²) in [6, 6.07) is 0. The molecule has 0 saturated carbocycles. The molecule has 4 N–H and O–H groups in total. The minimum atomic E-state index is -1.29. The zero-order valence-electron chi connectivity index (χ0n) is 3.30. The first-order valence-electron chi connectivity index (χ1n) is 1.47. The van der Waals surface area contributed by atoms with Gasteiger partial charge in [0, 0.05) is 0 Å². The second-order valence-electron chi connectivity index (χ2n) is 1.04. The van der Waals surface area contributed by atoms with Gasteiger partial charge in [-0.2, -0.15) is 0 Å². The maximum atomic E-state index is 5.28. The number of nitrogens with two attached hydrogens (primary N) is 2. The molecule has 0 saturated heterocycles. The van der Waals surface area contributed by atoms with Crippen molar-refractivity contribution in [2.45, 2.75) is 8.89 Å². The van der Waals surface area contributed by atoms with E-state index in [0.717, 1.165) is 0 Å². The van der Waals surface area contributed by atoms with Crippen molar-refractivity contribution in [1.29, 1.82) is 0 Å². The minimum absolute atomic E-state index is 0.421. The first kappa shape index (κ1) is 8.19. The monoisotopic (exact) mass is 322 g/mol. The molecule has 0 aliphatic rings. The average Bonchev–Trinajstić information content (AvgIpc) is 1.31. The van der Waals surface area contributed by atoms with Crippen LogP contribution in [0.5, 0.6) is 0 Å². The van der Waals surface area contributed by atoms with Crippen LogP contribution in [-0.4, -0.2) is 8.89 Å². The standard InChI is InChI=1S/C2H5Cl2N2.Pt/c3-2(4,6)1-5;/h1H,5-6H2;. The third kappa shape index (κ3) is 3.74. The Kier molecular flexibility index (Phi) is 3.10. The van der Waals surface area contributed by atoms with Gasteiger partial charge in [-0.3, -0.25) is 0 Å². The van der Waals surface area contributed by atoms with Crippen LogP contribution in [0.25, 0.3) is 0 Å². The quantitative estimate of drug-likeness (QED) is 0.523. The molecule has 0 fully saturated rings. The van der Waals surface area contributed by atoms with Crippen LogP contribution in [0, 0.1) is 0 Å². The molecular weight excluding hydrogens is 318 g/mol. The molecule has 0 heterocycles. The summed E-state index contributed by atoms with van der Waals surface area (Å²) < 4.78 is -1.71. The molecule has 2 nitrogen and oxygen atoms in total. The Morgan fingerprint density at radius 1 is 1.57 bits per heavy atom. The van der Waals surface area contributed by atoms with Crippen molar-refractivity contribution in [1.82, 2.24) is 0 Å². The SMILES string of the molecule is N[CH]([Pt])C(N)(Cl)Cl. The molecule has 7 heavy (non-hydrogen) atoms. The molecule has 1 unspecified atom stereocenters. The topological polar surface area (TPSA) is 52.0 Å². The fourth-order valence-electron chi connectivity index (χ4n) is 0. The Morgan fingerprint density at radius 3 is 1.71 bits per heavy atom. The van der Waals surface area contributed by atoms with Crippen LogP contribution in [0.4, 0.5) is 0 Å². The van der Waals surface area contributed by atoms with Crippen molar-refractivity contribution < 1.29 is 19.8 Å². The van der Waals surface area contributed by atoms with Crippen molar-refractivity contribution in [3.63, 3.8) is 0 Å². The van der Waals surface area contributed by atoms with Gasteiger partial charge in [-0.1, -0.05) is 0 Å². The summed E-state index contributed by atoms with van der Waals surface area (Å²) in [5.74, 6) is 0. The van der Waals surface area contributed by atoms with E-state index in [0.29, 0.717) is 0 Å². The third-order valence-electron chi connectivity index (χ3n) is 0.344. The summed E-state index contributed by atoms with van der Waals surface area (Å²) in [5, 5.41) is 0. The van der Waals surface area contributed by atoms with E-state index in [-0.39, 0.29) is 0 Å². The zero-order valence-corrected chi connectivity index (χ0v) is 7.09. The van der Waals surface area contributed by atoms with E-state index in [1.54, 1.807) is 0 Å². The first-order chi connectivity index (χ1) is 2.94. The second-order valence-corrected chi connectivity index (χ2v) is 3.90. The molecular formula is C2H5Cl2N2Pt. The van der Waals surface area contributed by atoms with E-state index in [2.05, 4.69) is 0 Å². The van der Waals surface area contributed by atoms with Crippen molar-refractivity contribution in [3.05, 3.63) is 0 Å². The molecule has 0 spiro atoms. The number of alkyl halides is 2. The summed E-state index contributed by atoms with van der Waals surface area (Å²) >= 11 is 12.4. The van der Waals surface area contributed by atoms with E-state index in [9.17, 15) is 0 Å². The summed E-state index contributed by atoms with van der Waals surface area (Å²) in [7, 11) is 0. The Morgan fingerprint density at radius 2 is 1.71 bits per heavy atom. The van der Waals surface area contributed by atoms with Crippen LogP contribution < -0.4 is 11.5 Å². The van der Waals surface area contributed by atoms with Gasteiger partial charge in [-0.25, -0.2) is 0 Å². The van der Waals surface area contributed by atoms with Gasteiger partial charge >= 0.3 is 63.4 Å². The van der Waals surface area contributed by atoms with Crippen LogP contribution in [0.15, 0.2) is 0 Å². The molecule has 0 aliphatic carbocycles. The number of hydrogen-bond acceptors (Lipinski definition) is 2. The van der Waals surface area contributed by atoms with E-state index in [1.807, 2.05) is 19.8 Å². The summed E-state index contributed by atoms with van der Waals surface area (Å²) in [6.45, 7) is 0. The summed E-state index contributed by atoms with van der Waals surface area (Å²) in [4.78, 5) is 0. The number of hydrogen-bond donors (Lipinski definition) is 2. The van der Waals surface area contributed by atoms with E-state index in [4.69, 9.17) is 34.7 Å². The Labute approximate surface area is 63.4 Å². The van der Waals surface area contributed by atoms with Gasteiger partial charge in [-0.05, 0) is 0 Å². The summed E-state index contributed by atoms with van der Waals surface area (Å²) in [6.07, 6.45) is 0. The molecule has 0 aromatic carbocycles. The maximum absolute atomic E-state index is 5.28. The number of halogens is 2. The fraction of sp³-hybridized carbons (Fsp3) is 1.00. The molecule has 0 aromatic rings. The van der Waals surface area contributed by atoms with Gasteiger partial charge in [0.25, 0.3) is 0 Å². The Bertz CT molecular complexity index is 59.2. The van der Waals surface area contributed by atoms with Gasteiger partial charge in [0.2, 0.25) is 0 Å². The normalized spacial score (nSPS) is 16.9. The predicted octanol–water partition coefficient (Wildman–Crippen LogP) is -0.0919. The van der Waals surface area contributed by atoms with E-state index in [1.165, 1.54) is 0 Å². The zero-order chi connectivity index (χ0) is 6.08. The van der Waals surface area contributed by atoms with Crippen LogP contribution in [0.3, 0.4) is 0 Å². The Balaban J connectivity index is 3.54. The first-order valence-corrected chi connectivity index (χ1v) is 3.54. The molecule has 0 rings (SSSR count). The molecule has 0 bridgehead atoms. The molecule has 0 radical (unpaired) electrons. The van der Waals surface area contributed by atoms with Crippen molar-refractivity contribution in [3.8, 4) is 0 Å². The van der Waals surface area contributed by atoms with Crippen molar-refractivity contribution in [2.24, 2.45) is 11.5 Å². The van der Waals surface area contributed by atoms with Crippen molar-refractivity contribution in [2.75, 3.05) is 0 Å². The van der Waals surface area contributed by atoms with Gasteiger partial charge in [-0.15, -0.1) is 0 Å². The molecule has 0 aliphatic heterocycles. The van der Waals surface area contributed by atoms with Crippen LogP contribution in [-0.2, 0) is 19.8 Å². The molecule has 47 valence electrons. The predicted molar refractivity (Wildman–Crippen MR) is 26.6 cm³/mol. The van der Waals surface area contributed by atoms with Crippen LogP contribution >= 0.6 is 23.2 Å². The average molecular weight is 323 g/mol. The van der Waals surface area contributed by atoms with Crippen molar-refractivity contribution >= 4 is 23.2 Å². The molecule has 0 aromatic heterocycles. The molecule has 5 heteroatoms. The van der Waals surface area contributed by atoms with E-state index >= 15 is 0 Å². The second kappa shape index (κ2) is 2.65. The van der Waals surface area contributed by atoms with E-state index < -0.39 is 8.89 Å². The van der Waals surface area contributed by atoms with Gasteiger partial charge in [0.05, 0.1) is 0 Å². The fourth-order valence-corrected chi connectivity index (χ4v) is 0. The summed E-state index contributed by atoms with van der Waals surface area (Å²) in [5.41, 5.74) is 10.2. The van der Waals surface area contributed by atoms with Crippen LogP contribution in [0.2, 0.25) is 0 Å². The van der Waals surface area contributed by atoms with Gasteiger partial charge in [0.15, 0.2) is 0 Å². The molecule has 0 amide bonds. The van der Waals surface area contributed by atoms with Gasteiger partial charge < -0.3 is 0 Å². The Hall–Kier alpha value is 1.19. The number of rotatable bonds is 1. The molecule has 1 atom stereocenters. The third-order valence-corrected chi connectivity index (χ3v) is 2.60. The van der Waals surface area contributed by atoms with Gasteiger partial charge in [0.1, 0.15) is 0 Å². The van der Waals surface area contributed by atoms with Crippen LogP contribution in [0.1, 0.15) is 0 Å².